The van der Waals surface area contributed by atoms with Gasteiger partial charge in [-0.15, -0.1) is 0 Å². The Morgan fingerprint density at radius 2 is 2.00 bits per heavy atom. The highest BCUT2D eigenvalue weighted by Crippen LogP contribution is 2.12. The normalized spacial score (nSPS) is 10.7. The monoisotopic (exact) mass is 229 g/mol. The molecule has 0 aliphatic heterocycles. The zero-order chi connectivity index (χ0) is 12.1. The minimum Gasteiger partial charge on any atom is -0.330 e. The van der Waals surface area contributed by atoms with Gasteiger partial charge in [-0.05, 0) is 17.5 Å². The number of aryl methyl sites for hydroxylation is 1. The Morgan fingerprint density at radius 3 is 2.71 bits per heavy atom. The van der Waals surface area contributed by atoms with E-state index in [2.05, 4.69) is 34.7 Å². The molecule has 1 heterocycles. The largest absolute Gasteiger partial charge is 0.330 e. The molecule has 0 bridgehead atoms. The van der Waals surface area contributed by atoms with Crippen molar-refractivity contribution in [1.29, 1.82) is 0 Å². The van der Waals surface area contributed by atoms with Crippen molar-refractivity contribution in [2.45, 2.75) is 32.9 Å². The van der Waals surface area contributed by atoms with Crippen LogP contribution in [0.4, 0.5) is 0 Å². The maximum absolute atomic E-state index is 5.75. The van der Waals surface area contributed by atoms with E-state index in [-0.39, 0.29) is 0 Å². The molecule has 0 radical (unpaired) electrons. The van der Waals surface area contributed by atoms with E-state index in [0.29, 0.717) is 6.54 Å². The van der Waals surface area contributed by atoms with Gasteiger partial charge in [-0.3, -0.25) is 0 Å². The summed E-state index contributed by atoms with van der Waals surface area (Å²) in [6.45, 7) is 3.64. The van der Waals surface area contributed by atoms with Crippen LogP contribution in [0.2, 0.25) is 0 Å². The molecule has 0 fully saturated rings. The zero-order valence-corrected chi connectivity index (χ0v) is 10.3. The first-order valence-electron chi connectivity index (χ1n) is 6.11. The minimum atomic E-state index is 0.591. The molecule has 0 spiro atoms. The van der Waals surface area contributed by atoms with E-state index < -0.39 is 0 Å². The quantitative estimate of drug-likeness (QED) is 0.855. The molecule has 0 saturated heterocycles. The van der Waals surface area contributed by atoms with Crippen molar-refractivity contribution in [3.63, 3.8) is 0 Å². The van der Waals surface area contributed by atoms with Crippen molar-refractivity contribution >= 4 is 0 Å². The molecule has 3 nitrogen and oxygen atoms in total. The van der Waals surface area contributed by atoms with Gasteiger partial charge in [0.2, 0.25) is 0 Å². The highest BCUT2D eigenvalue weighted by molar-refractivity contribution is 5.27. The van der Waals surface area contributed by atoms with Gasteiger partial charge >= 0.3 is 0 Å². The zero-order valence-electron chi connectivity index (χ0n) is 10.3. The summed E-state index contributed by atoms with van der Waals surface area (Å²) in [5.41, 5.74) is 9.54. The number of hydrogen-bond donors (Lipinski definition) is 1. The van der Waals surface area contributed by atoms with Crippen molar-refractivity contribution in [1.82, 2.24) is 9.55 Å². The first kappa shape index (κ1) is 11.9. The molecular formula is C14H19N3. The Kier molecular flexibility index (Phi) is 3.94. The lowest BCUT2D eigenvalue weighted by Crippen LogP contribution is -2.07. The predicted octanol–water partition coefficient (Wildman–Crippen LogP) is 2.34. The Hall–Kier alpha value is -1.61. The third-order valence-corrected chi connectivity index (χ3v) is 2.98. The average molecular weight is 229 g/mol. The summed E-state index contributed by atoms with van der Waals surface area (Å²) >= 11 is 0. The van der Waals surface area contributed by atoms with E-state index in [0.717, 1.165) is 19.4 Å². The summed E-state index contributed by atoms with van der Waals surface area (Å²) in [7, 11) is 0. The van der Waals surface area contributed by atoms with E-state index in [9.17, 15) is 0 Å². The second kappa shape index (κ2) is 5.64. The molecular weight excluding hydrogens is 210 g/mol. The van der Waals surface area contributed by atoms with Crippen LogP contribution in [0.15, 0.2) is 36.8 Å². The van der Waals surface area contributed by atoms with Crippen LogP contribution in [0, 0.1) is 0 Å². The number of benzene rings is 1. The lowest BCUT2D eigenvalue weighted by atomic mass is 10.1. The topological polar surface area (TPSA) is 43.8 Å². The van der Waals surface area contributed by atoms with Gasteiger partial charge in [-0.2, -0.15) is 0 Å². The molecule has 0 amide bonds. The van der Waals surface area contributed by atoms with Crippen molar-refractivity contribution in [2.24, 2.45) is 5.73 Å². The van der Waals surface area contributed by atoms with Gasteiger partial charge in [0.1, 0.15) is 0 Å². The third kappa shape index (κ3) is 2.74. The van der Waals surface area contributed by atoms with E-state index >= 15 is 0 Å². The minimum absolute atomic E-state index is 0.591. The SMILES string of the molecule is CCCc1cncn1Cc1ccccc1CN. The molecule has 0 aliphatic carbocycles. The molecule has 3 heteroatoms. The number of rotatable bonds is 5. The molecule has 2 aromatic rings. The van der Waals surface area contributed by atoms with Crippen LogP contribution in [0.5, 0.6) is 0 Å². The molecule has 0 unspecified atom stereocenters. The highest BCUT2D eigenvalue weighted by Gasteiger charge is 2.04. The van der Waals surface area contributed by atoms with E-state index in [1.807, 2.05) is 18.6 Å². The first-order chi connectivity index (χ1) is 8.35. The second-order valence-corrected chi connectivity index (χ2v) is 4.24. The van der Waals surface area contributed by atoms with E-state index in [1.165, 1.54) is 16.8 Å². The summed E-state index contributed by atoms with van der Waals surface area (Å²) in [6, 6.07) is 8.32. The van der Waals surface area contributed by atoms with Gasteiger partial charge in [0.15, 0.2) is 0 Å². The summed E-state index contributed by atoms with van der Waals surface area (Å²) < 4.78 is 2.21. The molecule has 0 aliphatic rings. The molecule has 2 rings (SSSR count). The van der Waals surface area contributed by atoms with Gasteiger partial charge in [0, 0.05) is 25.0 Å². The van der Waals surface area contributed by atoms with Gasteiger partial charge in [0.25, 0.3) is 0 Å². The number of nitrogens with zero attached hydrogens (tertiary/aromatic N) is 2. The van der Waals surface area contributed by atoms with Gasteiger partial charge < -0.3 is 10.3 Å². The van der Waals surface area contributed by atoms with E-state index in [1.54, 1.807) is 0 Å². The number of aromatic nitrogens is 2. The highest BCUT2D eigenvalue weighted by atomic mass is 15.0. The number of hydrogen-bond acceptors (Lipinski definition) is 2. The lowest BCUT2D eigenvalue weighted by Gasteiger charge is -2.11. The van der Waals surface area contributed by atoms with E-state index in [4.69, 9.17) is 5.73 Å². The number of nitrogens with two attached hydrogens (primary N) is 1. The first-order valence-corrected chi connectivity index (χ1v) is 6.11. The Balaban J connectivity index is 2.22. The van der Waals surface area contributed by atoms with Crippen LogP contribution in [-0.4, -0.2) is 9.55 Å². The van der Waals surface area contributed by atoms with Crippen molar-refractivity contribution in [3.8, 4) is 0 Å². The van der Waals surface area contributed by atoms with Gasteiger partial charge in [0.05, 0.1) is 6.33 Å². The molecule has 90 valence electrons. The second-order valence-electron chi connectivity index (χ2n) is 4.24. The molecule has 1 aromatic heterocycles. The summed E-state index contributed by atoms with van der Waals surface area (Å²) in [5.74, 6) is 0. The fourth-order valence-electron chi connectivity index (χ4n) is 2.05. The summed E-state index contributed by atoms with van der Waals surface area (Å²) in [4.78, 5) is 4.22. The van der Waals surface area contributed by atoms with Crippen LogP contribution in [-0.2, 0) is 19.5 Å². The summed E-state index contributed by atoms with van der Waals surface area (Å²) in [6.07, 6.45) is 6.07. The smallest absolute Gasteiger partial charge is 0.0951 e. The maximum Gasteiger partial charge on any atom is 0.0951 e. The number of imidazole rings is 1. The van der Waals surface area contributed by atoms with Crippen molar-refractivity contribution < 1.29 is 0 Å². The van der Waals surface area contributed by atoms with Crippen LogP contribution >= 0.6 is 0 Å². The third-order valence-electron chi connectivity index (χ3n) is 2.98. The molecule has 1 aromatic carbocycles. The fraction of sp³-hybridized carbons (Fsp3) is 0.357. The predicted molar refractivity (Wildman–Crippen MR) is 69.7 cm³/mol. The Bertz CT molecular complexity index is 474. The molecule has 17 heavy (non-hydrogen) atoms. The average Bonchev–Trinajstić information content (AvgIpc) is 2.78. The van der Waals surface area contributed by atoms with Crippen molar-refractivity contribution in [3.05, 3.63) is 53.6 Å². The standard InChI is InChI=1S/C14H19N3/c1-2-5-14-9-16-11-17(14)10-13-7-4-3-6-12(13)8-15/h3-4,6-7,9,11H,2,5,8,10,15H2,1H3. The Labute approximate surface area is 102 Å². The summed E-state index contributed by atoms with van der Waals surface area (Å²) in [5, 5.41) is 0. The van der Waals surface area contributed by atoms with Crippen LogP contribution in [0.1, 0.15) is 30.2 Å². The molecule has 2 N–H and O–H groups in total. The molecule has 0 saturated carbocycles. The fourth-order valence-corrected chi connectivity index (χ4v) is 2.05. The lowest BCUT2D eigenvalue weighted by molar-refractivity contribution is 0.717. The van der Waals surface area contributed by atoms with Crippen LogP contribution in [0.25, 0.3) is 0 Å². The van der Waals surface area contributed by atoms with Gasteiger partial charge in [-0.25, -0.2) is 4.98 Å². The maximum atomic E-state index is 5.75. The Morgan fingerprint density at radius 1 is 1.24 bits per heavy atom. The van der Waals surface area contributed by atoms with Crippen LogP contribution in [0.3, 0.4) is 0 Å². The van der Waals surface area contributed by atoms with Crippen LogP contribution < -0.4 is 5.73 Å². The molecule has 0 atom stereocenters. The van der Waals surface area contributed by atoms with Gasteiger partial charge in [-0.1, -0.05) is 37.6 Å². The van der Waals surface area contributed by atoms with Crippen molar-refractivity contribution in [2.75, 3.05) is 0 Å².